The average molecular weight is 283 g/mol. The summed E-state index contributed by atoms with van der Waals surface area (Å²) in [4.78, 5) is 13.6. The molecule has 0 spiro atoms. The first-order chi connectivity index (χ1) is 9.24. The Kier molecular flexibility index (Phi) is 3.75. The molecule has 0 amide bonds. The Bertz CT molecular complexity index is 492. The van der Waals surface area contributed by atoms with Crippen molar-refractivity contribution in [2.75, 3.05) is 24.5 Å². The van der Waals surface area contributed by atoms with E-state index in [4.69, 9.17) is 11.6 Å². The van der Waals surface area contributed by atoms with E-state index in [2.05, 4.69) is 20.4 Å². The van der Waals surface area contributed by atoms with Crippen LogP contribution in [0.3, 0.4) is 0 Å². The number of H-pyrrole nitrogens is 1. The van der Waals surface area contributed by atoms with Crippen LogP contribution in [0, 0.1) is 5.92 Å². The number of rotatable bonds is 4. The quantitative estimate of drug-likeness (QED) is 0.876. The number of nitrogens with zero attached hydrogens (tertiary/aromatic N) is 2. The summed E-state index contributed by atoms with van der Waals surface area (Å²) in [5, 5.41) is 10.1. The van der Waals surface area contributed by atoms with Gasteiger partial charge in [-0.2, -0.15) is 5.10 Å². The smallest absolute Gasteiger partial charge is 0.285 e. The molecule has 1 saturated carbocycles. The fraction of sp³-hybridized carbons (Fsp3) is 0.692. The Labute approximate surface area is 117 Å². The molecule has 0 atom stereocenters. The molecule has 1 aromatic rings. The van der Waals surface area contributed by atoms with Crippen LogP contribution < -0.4 is 15.8 Å². The van der Waals surface area contributed by atoms with E-state index in [1.807, 2.05) is 0 Å². The van der Waals surface area contributed by atoms with Gasteiger partial charge in [-0.15, -0.1) is 0 Å². The summed E-state index contributed by atoms with van der Waals surface area (Å²) >= 11 is 6.03. The number of anilines is 1. The molecular weight excluding hydrogens is 264 g/mol. The van der Waals surface area contributed by atoms with Crippen molar-refractivity contribution < 1.29 is 0 Å². The second kappa shape index (κ2) is 5.51. The molecule has 0 unspecified atom stereocenters. The zero-order valence-electron chi connectivity index (χ0n) is 10.9. The lowest BCUT2D eigenvalue weighted by Gasteiger charge is -2.34. The minimum atomic E-state index is -0.312. The number of piperidine rings is 1. The third kappa shape index (κ3) is 3.09. The van der Waals surface area contributed by atoms with E-state index < -0.39 is 0 Å². The fourth-order valence-electron chi connectivity index (χ4n) is 2.57. The van der Waals surface area contributed by atoms with Crippen LogP contribution in [0.1, 0.15) is 25.7 Å². The molecule has 0 radical (unpaired) electrons. The van der Waals surface area contributed by atoms with Gasteiger partial charge >= 0.3 is 0 Å². The van der Waals surface area contributed by atoms with Gasteiger partial charge in [-0.1, -0.05) is 11.6 Å². The number of halogens is 1. The average Bonchev–Trinajstić information content (AvgIpc) is 3.25. The van der Waals surface area contributed by atoms with Crippen LogP contribution in [0.2, 0.25) is 5.02 Å². The Morgan fingerprint density at radius 3 is 2.79 bits per heavy atom. The van der Waals surface area contributed by atoms with Crippen LogP contribution >= 0.6 is 11.6 Å². The zero-order valence-corrected chi connectivity index (χ0v) is 11.6. The van der Waals surface area contributed by atoms with Crippen molar-refractivity contribution in [1.82, 2.24) is 15.5 Å². The third-order valence-corrected chi connectivity index (χ3v) is 4.37. The monoisotopic (exact) mass is 282 g/mol. The fourth-order valence-corrected chi connectivity index (χ4v) is 2.78. The topological polar surface area (TPSA) is 61.0 Å². The number of nitrogens with one attached hydrogen (secondary N) is 2. The number of aromatic nitrogens is 2. The van der Waals surface area contributed by atoms with E-state index in [-0.39, 0.29) is 10.6 Å². The normalized spacial score (nSPS) is 20.8. The van der Waals surface area contributed by atoms with E-state index >= 15 is 0 Å². The Morgan fingerprint density at radius 2 is 2.11 bits per heavy atom. The van der Waals surface area contributed by atoms with Gasteiger partial charge in [0.1, 0.15) is 5.02 Å². The molecule has 0 aromatic carbocycles. The standard InChI is InChI=1S/C13H19ClN4O/c14-12-11(8-16-17-13(12)19)18-5-3-10(4-6-18)15-7-9-1-2-9/h8-10,15H,1-7H2,(H,17,19). The van der Waals surface area contributed by atoms with Crippen LogP contribution in [0.4, 0.5) is 5.69 Å². The summed E-state index contributed by atoms with van der Waals surface area (Å²) in [5.41, 5.74) is 0.444. The van der Waals surface area contributed by atoms with E-state index in [1.165, 1.54) is 12.8 Å². The van der Waals surface area contributed by atoms with Gasteiger partial charge in [-0.05, 0) is 38.1 Å². The highest BCUT2D eigenvalue weighted by atomic mass is 35.5. The highest BCUT2D eigenvalue weighted by Gasteiger charge is 2.25. The van der Waals surface area contributed by atoms with Crippen molar-refractivity contribution >= 4 is 17.3 Å². The molecule has 19 heavy (non-hydrogen) atoms. The molecule has 2 aliphatic rings. The van der Waals surface area contributed by atoms with Crippen molar-refractivity contribution in [2.24, 2.45) is 5.92 Å². The Balaban J connectivity index is 1.56. The van der Waals surface area contributed by atoms with Crippen molar-refractivity contribution in [2.45, 2.75) is 31.7 Å². The van der Waals surface area contributed by atoms with E-state index in [1.54, 1.807) is 6.20 Å². The Hall–Kier alpha value is -1.07. The SMILES string of the molecule is O=c1[nH]ncc(N2CCC(NCC3CC3)CC2)c1Cl. The maximum absolute atomic E-state index is 11.4. The van der Waals surface area contributed by atoms with Crippen LogP contribution in [-0.2, 0) is 0 Å². The van der Waals surface area contributed by atoms with Crippen LogP contribution in [0.15, 0.2) is 11.0 Å². The molecule has 3 rings (SSSR count). The summed E-state index contributed by atoms with van der Waals surface area (Å²) in [6, 6.07) is 0.602. The molecule has 1 aromatic heterocycles. The third-order valence-electron chi connectivity index (χ3n) is 4.00. The first-order valence-electron chi connectivity index (χ1n) is 6.95. The van der Waals surface area contributed by atoms with Gasteiger partial charge in [0.05, 0.1) is 11.9 Å². The van der Waals surface area contributed by atoms with E-state index in [0.29, 0.717) is 6.04 Å². The number of hydrogen-bond donors (Lipinski definition) is 2. The molecule has 1 aliphatic carbocycles. The number of aromatic amines is 1. The van der Waals surface area contributed by atoms with Gasteiger partial charge in [0.25, 0.3) is 5.56 Å². The number of hydrogen-bond acceptors (Lipinski definition) is 4. The lowest BCUT2D eigenvalue weighted by atomic mass is 10.0. The van der Waals surface area contributed by atoms with Crippen LogP contribution in [0.25, 0.3) is 0 Å². The molecule has 0 bridgehead atoms. The Morgan fingerprint density at radius 1 is 1.37 bits per heavy atom. The molecule has 104 valence electrons. The lowest BCUT2D eigenvalue weighted by molar-refractivity contribution is 0.408. The molecule has 6 heteroatoms. The first kappa shape index (κ1) is 12.9. The van der Waals surface area contributed by atoms with Crippen molar-refractivity contribution in [3.63, 3.8) is 0 Å². The molecule has 1 saturated heterocycles. The summed E-state index contributed by atoms with van der Waals surface area (Å²) in [5.74, 6) is 0.921. The molecule has 2 fully saturated rings. The van der Waals surface area contributed by atoms with Crippen LogP contribution in [0.5, 0.6) is 0 Å². The van der Waals surface area contributed by atoms with E-state index in [0.717, 1.165) is 44.1 Å². The maximum atomic E-state index is 11.4. The molecule has 1 aliphatic heterocycles. The second-order valence-corrected chi connectivity index (χ2v) is 5.89. The predicted octanol–water partition coefficient (Wildman–Crippen LogP) is 1.39. The van der Waals surface area contributed by atoms with Gasteiger partial charge in [-0.25, -0.2) is 5.10 Å². The zero-order chi connectivity index (χ0) is 13.2. The summed E-state index contributed by atoms with van der Waals surface area (Å²) in [7, 11) is 0. The molecular formula is C13H19ClN4O. The molecule has 2 N–H and O–H groups in total. The predicted molar refractivity (Wildman–Crippen MR) is 75.8 cm³/mol. The summed E-state index contributed by atoms with van der Waals surface area (Å²) < 4.78 is 0. The van der Waals surface area contributed by atoms with Crippen LogP contribution in [-0.4, -0.2) is 35.9 Å². The van der Waals surface area contributed by atoms with Gasteiger partial charge < -0.3 is 10.2 Å². The molecule has 5 nitrogen and oxygen atoms in total. The second-order valence-electron chi connectivity index (χ2n) is 5.51. The highest BCUT2D eigenvalue weighted by Crippen LogP contribution is 2.28. The first-order valence-corrected chi connectivity index (χ1v) is 7.33. The largest absolute Gasteiger partial charge is 0.369 e. The van der Waals surface area contributed by atoms with Crippen molar-refractivity contribution in [3.05, 3.63) is 21.6 Å². The highest BCUT2D eigenvalue weighted by molar-refractivity contribution is 6.32. The summed E-state index contributed by atoms with van der Waals surface area (Å²) in [6.07, 6.45) is 6.60. The van der Waals surface area contributed by atoms with Gasteiger partial charge in [0.2, 0.25) is 0 Å². The van der Waals surface area contributed by atoms with Crippen molar-refractivity contribution in [1.29, 1.82) is 0 Å². The maximum Gasteiger partial charge on any atom is 0.285 e. The van der Waals surface area contributed by atoms with E-state index in [9.17, 15) is 4.79 Å². The van der Waals surface area contributed by atoms with Gasteiger partial charge in [0.15, 0.2) is 0 Å². The molecule has 2 heterocycles. The minimum absolute atomic E-state index is 0.249. The van der Waals surface area contributed by atoms with Gasteiger partial charge in [-0.3, -0.25) is 4.79 Å². The van der Waals surface area contributed by atoms with Gasteiger partial charge in [0, 0.05) is 19.1 Å². The minimum Gasteiger partial charge on any atom is -0.369 e. The lowest BCUT2D eigenvalue weighted by Crippen LogP contribution is -2.43. The summed E-state index contributed by atoms with van der Waals surface area (Å²) in [6.45, 7) is 3.01. The van der Waals surface area contributed by atoms with Crippen molar-refractivity contribution in [3.8, 4) is 0 Å².